The highest BCUT2D eigenvalue weighted by Crippen LogP contribution is 2.46. The van der Waals surface area contributed by atoms with E-state index in [1.165, 1.54) is 50.8 Å². The number of likely N-dealkylation sites (tertiary alicyclic amines) is 2. The molecule has 0 N–H and O–H groups in total. The van der Waals surface area contributed by atoms with Gasteiger partial charge in [0.05, 0.1) is 12.6 Å². The molecule has 0 radical (unpaired) electrons. The van der Waals surface area contributed by atoms with Crippen molar-refractivity contribution in [2.45, 2.75) is 50.1 Å². The number of amides is 1. The molecule has 0 aromatic heterocycles. The Balaban J connectivity index is 1.39. The fraction of sp³-hybridized carbons (Fsp3) is 0.682. The zero-order valence-corrected chi connectivity index (χ0v) is 15.7. The summed E-state index contributed by atoms with van der Waals surface area (Å²) in [7, 11) is 0. The molecule has 5 saturated heterocycles. The number of fused-ring (bicyclic) bond motifs is 2. The average molecular weight is 354 g/mol. The molecule has 5 heterocycles. The first-order chi connectivity index (χ1) is 12.8. The van der Waals surface area contributed by atoms with Gasteiger partial charge in [-0.1, -0.05) is 36.8 Å². The maximum Gasteiger partial charge on any atom is 0.237 e. The van der Waals surface area contributed by atoms with Gasteiger partial charge in [0.25, 0.3) is 0 Å². The number of carbonyl (C=O) groups is 1. The van der Waals surface area contributed by atoms with Crippen LogP contribution in [0.1, 0.15) is 43.6 Å². The van der Waals surface area contributed by atoms with Crippen LogP contribution in [0.4, 0.5) is 0 Å². The SMILES string of the molecule is O=C(CN1CCCCC1)N1C[C@H](c2ccccc2)[C@@H]2[C@H]1C1CCN2CC1. The zero-order chi connectivity index (χ0) is 17.5. The smallest absolute Gasteiger partial charge is 0.237 e. The van der Waals surface area contributed by atoms with Crippen LogP contribution in [0.2, 0.25) is 0 Å². The van der Waals surface area contributed by atoms with Gasteiger partial charge in [-0.2, -0.15) is 0 Å². The Labute approximate surface area is 157 Å². The van der Waals surface area contributed by atoms with Crippen molar-refractivity contribution in [3.8, 4) is 0 Å². The van der Waals surface area contributed by atoms with E-state index < -0.39 is 0 Å². The Morgan fingerprint density at radius 2 is 1.65 bits per heavy atom. The molecule has 5 aliphatic rings. The lowest BCUT2D eigenvalue weighted by Crippen LogP contribution is -2.61. The molecule has 4 nitrogen and oxygen atoms in total. The van der Waals surface area contributed by atoms with Gasteiger partial charge in [0, 0.05) is 18.5 Å². The quantitative estimate of drug-likeness (QED) is 0.836. The van der Waals surface area contributed by atoms with Crippen molar-refractivity contribution in [2.24, 2.45) is 5.92 Å². The predicted molar refractivity (Wildman–Crippen MR) is 103 cm³/mol. The lowest BCUT2D eigenvalue weighted by Gasteiger charge is -2.51. The average Bonchev–Trinajstić information content (AvgIpc) is 3.13. The molecule has 0 saturated carbocycles. The third kappa shape index (κ3) is 2.87. The molecule has 0 aliphatic carbocycles. The highest BCUT2D eigenvalue weighted by Gasteiger charge is 2.54. The van der Waals surface area contributed by atoms with Crippen LogP contribution in [0.3, 0.4) is 0 Å². The molecule has 5 aliphatic heterocycles. The normalized spacial score (nSPS) is 36.9. The molecule has 1 amide bonds. The number of rotatable bonds is 3. The summed E-state index contributed by atoms with van der Waals surface area (Å²) in [5.74, 6) is 1.58. The second-order valence-electron chi connectivity index (χ2n) is 8.75. The third-order valence-corrected chi connectivity index (χ3v) is 7.35. The molecule has 6 rings (SSSR count). The van der Waals surface area contributed by atoms with Gasteiger partial charge in [0.2, 0.25) is 5.91 Å². The fourth-order valence-electron chi connectivity index (χ4n) is 6.10. The van der Waals surface area contributed by atoms with Crippen LogP contribution in [0, 0.1) is 5.92 Å². The summed E-state index contributed by atoms with van der Waals surface area (Å²) in [4.78, 5) is 20.7. The second kappa shape index (κ2) is 6.97. The van der Waals surface area contributed by atoms with Crippen LogP contribution in [-0.2, 0) is 4.79 Å². The number of carbonyl (C=O) groups excluding carboxylic acids is 1. The summed E-state index contributed by atoms with van der Waals surface area (Å²) in [6, 6.07) is 11.9. The Kier molecular flexibility index (Phi) is 4.49. The van der Waals surface area contributed by atoms with E-state index in [2.05, 4.69) is 45.0 Å². The molecule has 0 spiro atoms. The molecule has 26 heavy (non-hydrogen) atoms. The summed E-state index contributed by atoms with van der Waals surface area (Å²) in [5.41, 5.74) is 1.42. The van der Waals surface area contributed by atoms with Crippen LogP contribution >= 0.6 is 0 Å². The Morgan fingerprint density at radius 1 is 0.923 bits per heavy atom. The molecule has 3 atom stereocenters. The lowest BCUT2D eigenvalue weighted by molar-refractivity contribution is -0.137. The first-order valence-corrected chi connectivity index (χ1v) is 10.6. The molecule has 1 aromatic rings. The van der Waals surface area contributed by atoms with Crippen molar-refractivity contribution >= 4 is 5.91 Å². The lowest BCUT2D eigenvalue weighted by atomic mass is 9.75. The molecular formula is C22H31N3O. The molecule has 2 bridgehead atoms. The van der Waals surface area contributed by atoms with Crippen LogP contribution in [0.15, 0.2) is 30.3 Å². The van der Waals surface area contributed by atoms with Crippen LogP contribution in [-0.4, -0.2) is 72.0 Å². The predicted octanol–water partition coefficient (Wildman–Crippen LogP) is 2.56. The minimum absolute atomic E-state index is 0.383. The van der Waals surface area contributed by atoms with E-state index in [4.69, 9.17) is 0 Å². The van der Waals surface area contributed by atoms with Crippen molar-refractivity contribution < 1.29 is 4.79 Å². The van der Waals surface area contributed by atoms with Gasteiger partial charge >= 0.3 is 0 Å². The fourth-order valence-corrected chi connectivity index (χ4v) is 6.10. The monoisotopic (exact) mass is 353 g/mol. The van der Waals surface area contributed by atoms with Crippen LogP contribution in [0.25, 0.3) is 0 Å². The second-order valence-corrected chi connectivity index (χ2v) is 8.75. The van der Waals surface area contributed by atoms with Gasteiger partial charge in [-0.15, -0.1) is 0 Å². The highest BCUT2D eigenvalue weighted by molar-refractivity contribution is 5.79. The third-order valence-electron chi connectivity index (χ3n) is 7.35. The Morgan fingerprint density at radius 3 is 2.38 bits per heavy atom. The molecule has 140 valence electrons. The highest BCUT2D eigenvalue weighted by atomic mass is 16.2. The van der Waals surface area contributed by atoms with E-state index in [1.54, 1.807) is 0 Å². The number of hydrogen-bond acceptors (Lipinski definition) is 3. The van der Waals surface area contributed by atoms with Crippen LogP contribution in [0.5, 0.6) is 0 Å². The first-order valence-electron chi connectivity index (χ1n) is 10.6. The van der Waals surface area contributed by atoms with E-state index in [-0.39, 0.29) is 0 Å². The minimum atomic E-state index is 0.383. The van der Waals surface area contributed by atoms with E-state index in [9.17, 15) is 4.79 Å². The van der Waals surface area contributed by atoms with Crippen molar-refractivity contribution in [3.05, 3.63) is 35.9 Å². The standard InChI is InChI=1S/C22H31N3O/c26-20(16-23-11-5-2-6-12-23)25-15-19(17-7-3-1-4-8-17)22-21(25)18-9-13-24(22)14-10-18/h1,3-4,7-8,18-19,21-22H,2,5-6,9-16H2/t19-,21-,22-/m1/s1. The molecule has 0 unspecified atom stereocenters. The van der Waals surface area contributed by atoms with Crippen molar-refractivity contribution in [1.29, 1.82) is 0 Å². The van der Waals surface area contributed by atoms with Crippen molar-refractivity contribution in [1.82, 2.24) is 14.7 Å². The number of piperidine rings is 4. The van der Waals surface area contributed by atoms with Gasteiger partial charge in [0.15, 0.2) is 0 Å². The van der Waals surface area contributed by atoms with Crippen molar-refractivity contribution in [2.75, 3.05) is 39.3 Å². The summed E-state index contributed by atoms with van der Waals surface area (Å²) < 4.78 is 0. The van der Waals surface area contributed by atoms with Gasteiger partial charge in [-0.3, -0.25) is 14.6 Å². The molecule has 5 fully saturated rings. The Hall–Kier alpha value is -1.39. The van der Waals surface area contributed by atoms with E-state index in [0.29, 0.717) is 36.4 Å². The number of hydrogen-bond donors (Lipinski definition) is 0. The largest absolute Gasteiger partial charge is 0.336 e. The summed E-state index contributed by atoms with van der Waals surface area (Å²) in [6.45, 7) is 6.21. The number of benzene rings is 1. The van der Waals surface area contributed by atoms with Gasteiger partial charge in [0.1, 0.15) is 0 Å². The number of nitrogens with zero attached hydrogens (tertiary/aromatic N) is 3. The maximum atomic E-state index is 13.3. The van der Waals surface area contributed by atoms with Crippen molar-refractivity contribution in [3.63, 3.8) is 0 Å². The summed E-state index contributed by atoms with van der Waals surface area (Å²) in [6.07, 6.45) is 6.38. The summed E-state index contributed by atoms with van der Waals surface area (Å²) in [5, 5.41) is 0. The summed E-state index contributed by atoms with van der Waals surface area (Å²) >= 11 is 0. The van der Waals surface area contributed by atoms with E-state index in [0.717, 1.165) is 19.6 Å². The molecule has 1 aromatic carbocycles. The zero-order valence-electron chi connectivity index (χ0n) is 15.7. The topological polar surface area (TPSA) is 26.8 Å². The van der Waals surface area contributed by atoms with Crippen LogP contribution < -0.4 is 0 Å². The molecule has 4 heteroatoms. The maximum absolute atomic E-state index is 13.3. The van der Waals surface area contributed by atoms with Gasteiger partial charge < -0.3 is 4.90 Å². The Bertz CT molecular complexity index is 634. The van der Waals surface area contributed by atoms with Gasteiger partial charge in [-0.05, 0) is 63.3 Å². The van der Waals surface area contributed by atoms with Gasteiger partial charge in [-0.25, -0.2) is 0 Å². The first kappa shape index (κ1) is 16.8. The van der Waals surface area contributed by atoms with E-state index >= 15 is 0 Å². The van der Waals surface area contributed by atoms with E-state index in [1.807, 2.05) is 0 Å². The minimum Gasteiger partial charge on any atom is -0.336 e. The molecular weight excluding hydrogens is 322 g/mol.